The zero-order chi connectivity index (χ0) is 21.6. The van der Waals surface area contributed by atoms with Gasteiger partial charge in [0.05, 0.1) is 19.2 Å². The Morgan fingerprint density at radius 1 is 1.20 bits per heavy atom. The van der Waals surface area contributed by atoms with Gasteiger partial charge in [-0.25, -0.2) is 0 Å². The number of likely N-dealkylation sites (N-methyl/N-ethyl adjacent to an activating group) is 2. The van der Waals surface area contributed by atoms with E-state index >= 15 is 0 Å². The topological polar surface area (TPSA) is 75.0 Å². The number of likely N-dealkylation sites (tertiary alicyclic amines) is 1. The third-order valence-corrected chi connectivity index (χ3v) is 6.65. The van der Waals surface area contributed by atoms with Crippen LogP contribution in [0.5, 0.6) is 5.75 Å². The summed E-state index contributed by atoms with van der Waals surface area (Å²) in [5.41, 5.74) is 2.39. The van der Waals surface area contributed by atoms with Crippen molar-refractivity contribution < 1.29 is 14.6 Å². The molecule has 2 aromatic rings. The first kappa shape index (κ1) is 20.6. The molecule has 0 radical (unpaired) electrons. The van der Waals surface area contributed by atoms with Crippen LogP contribution in [0.25, 0.3) is 11.1 Å². The molecule has 7 heteroatoms. The molecule has 1 saturated heterocycles. The van der Waals surface area contributed by atoms with Crippen molar-refractivity contribution in [2.45, 2.75) is 25.6 Å². The second kappa shape index (κ2) is 7.89. The summed E-state index contributed by atoms with van der Waals surface area (Å²) in [6.07, 6.45) is 0. The molecular weight excluding hydrogens is 382 g/mol. The van der Waals surface area contributed by atoms with Gasteiger partial charge in [0, 0.05) is 50.3 Å². The summed E-state index contributed by atoms with van der Waals surface area (Å²) in [4.78, 5) is 30.0. The van der Waals surface area contributed by atoms with E-state index in [-0.39, 0.29) is 42.0 Å². The number of pyridine rings is 1. The highest BCUT2D eigenvalue weighted by Crippen LogP contribution is 2.49. The molecule has 1 aromatic heterocycles. The van der Waals surface area contributed by atoms with Crippen LogP contribution in [0.2, 0.25) is 0 Å². The van der Waals surface area contributed by atoms with Crippen LogP contribution in [-0.4, -0.2) is 65.8 Å². The van der Waals surface area contributed by atoms with Crippen LogP contribution in [0.1, 0.15) is 18.7 Å². The average molecular weight is 412 g/mol. The van der Waals surface area contributed by atoms with Crippen LogP contribution < -0.4 is 10.3 Å². The highest BCUT2D eigenvalue weighted by Gasteiger charge is 2.55. The Morgan fingerprint density at radius 3 is 2.47 bits per heavy atom. The van der Waals surface area contributed by atoms with Gasteiger partial charge in [0.25, 0.3) is 5.56 Å². The fourth-order valence-corrected chi connectivity index (χ4v) is 5.22. The summed E-state index contributed by atoms with van der Waals surface area (Å²) in [5.74, 6) is 0.584. The number of benzene rings is 1. The van der Waals surface area contributed by atoms with Gasteiger partial charge in [-0.15, -0.1) is 0 Å². The minimum Gasteiger partial charge on any atom is -0.497 e. The number of amides is 1. The Balaban J connectivity index is 1.75. The first-order chi connectivity index (χ1) is 14.4. The second-order valence-electron chi connectivity index (χ2n) is 8.28. The monoisotopic (exact) mass is 411 g/mol. The van der Waals surface area contributed by atoms with E-state index in [0.29, 0.717) is 18.7 Å². The summed E-state index contributed by atoms with van der Waals surface area (Å²) >= 11 is 0. The fourth-order valence-electron chi connectivity index (χ4n) is 5.22. The lowest BCUT2D eigenvalue weighted by atomic mass is 9.88. The number of carbonyl (C=O) groups is 1. The van der Waals surface area contributed by atoms with Crippen LogP contribution in [0.4, 0.5) is 0 Å². The lowest BCUT2D eigenvalue weighted by Crippen LogP contribution is -2.47. The fraction of sp³-hybridized carbons (Fsp3) is 0.478. The molecule has 2 aliphatic rings. The molecule has 2 aliphatic heterocycles. The predicted molar refractivity (Wildman–Crippen MR) is 114 cm³/mol. The smallest absolute Gasteiger partial charge is 0.258 e. The standard InChI is InChI=1S/C23H29N3O4/c1-5-25-20-17(18(13-27)21(25)23(29)24(2)3)12-26-19(20)11-10-16(22(26)28)14-6-8-15(30-4)9-7-14/h6-11,17-18,20-21,27H,5,12-13H2,1-4H3/t17-,18-,20+,21-/m0/s1. The summed E-state index contributed by atoms with van der Waals surface area (Å²) in [6, 6.07) is 10.9. The zero-order valence-electron chi connectivity index (χ0n) is 17.9. The van der Waals surface area contributed by atoms with Crippen LogP contribution in [0.3, 0.4) is 0 Å². The van der Waals surface area contributed by atoms with Crippen molar-refractivity contribution in [1.82, 2.24) is 14.4 Å². The van der Waals surface area contributed by atoms with E-state index < -0.39 is 0 Å². The molecule has 3 heterocycles. The number of rotatable bonds is 5. The van der Waals surface area contributed by atoms with Gasteiger partial charge < -0.3 is 19.3 Å². The number of hydrogen-bond donors (Lipinski definition) is 1. The molecule has 1 fully saturated rings. The Morgan fingerprint density at radius 2 is 1.90 bits per heavy atom. The largest absolute Gasteiger partial charge is 0.497 e. The lowest BCUT2D eigenvalue weighted by molar-refractivity contribution is -0.135. The normalized spacial score (nSPS) is 25.1. The minimum atomic E-state index is -0.366. The maximum absolute atomic E-state index is 13.3. The van der Waals surface area contributed by atoms with Gasteiger partial charge in [-0.3, -0.25) is 14.5 Å². The average Bonchev–Trinajstić information content (AvgIpc) is 3.28. The lowest BCUT2D eigenvalue weighted by Gasteiger charge is -2.31. The highest BCUT2D eigenvalue weighted by molar-refractivity contribution is 5.82. The molecule has 1 N–H and O–H groups in total. The van der Waals surface area contributed by atoms with E-state index in [1.54, 1.807) is 26.1 Å². The SMILES string of the molecule is CCN1[C@H](C(=O)N(C)C)[C@@H](CO)[C@@H]2Cn3c(ccc(-c4ccc(OC)cc4)c3=O)[C@@H]21. The van der Waals surface area contributed by atoms with Crippen LogP contribution in [0, 0.1) is 11.8 Å². The maximum atomic E-state index is 13.3. The Kier molecular flexibility index (Phi) is 5.42. The molecule has 4 rings (SSSR count). The highest BCUT2D eigenvalue weighted by atomic mass is 16.5. The molecule has 0 saturated carbocycles. The molecule has 1 aromatic carbocycles. The summed E-state index contributed by atoms with van der Waals surface area (Å²) in [7, 11) is 5.11. The number of aliphatic hydroxyl groups is 1. The van der Waals surface area contributed by atoms with Crippen molar-refractivity contribution in [1.29, 1.82) is 0 Å². The van der Waals surface area contributed by atoms with Crippen molar-refractivity contribution in [2.24, 2.45) is 11.8 Å². The van der Waals surface area contributed by atoms with Crippen LogP contribution >= 0.6 is 0 Å². The van der Waals surface area contributed by atoms with E-state index in [4.69, 9.17) is 4.74 Å². The number of carbonyl (C=O) groups excluding carboxylic acids is 1. The maximum Gasteiger partial charge on any atom is 0.258 e. The summed E-state index contributed by atoms with van der Waals surface area (Å²) < 4.78 is 7.04. The number of hydrogen-bond acceptors (Lipinski definition) is 5. The molecule has 7 nitrogen and oxygen atoms in total. The molecule has 0 unspecified atom stereocenters. The van der Waals surface area contributed by atoms with E-state index in [1.165, 1.54) is 0 Å². The summed E-state index contributed by atoms with van der Waals surface area (Å²) in [5, 5.41) is 10.2. The van der Waals surface area contributed by atoms with Gasteiger partial charge in [0.15, 0.2) is 0 Å². The zero-order valence-corrected chi connectivity index (χ0v) is 17.9. The van der Waals surface area contributed by atoms with Crippen molar-refractivity contribution in [2.75, 3.05) is 34.4 Å². The van der Waals surface area contributed by atoms with Crippen molar-refractivity contribution in [3.05, 3.63) is 52.4 Å². The quantitative estimate of drug-likeness (QED) is 0.809. The van der Waals surface area contributed by atoms with E-state index in [9.17, 15) is 14.7 Å². The molecule has 0 bridgehead atoms. The van der Waals surface area contributed by atoms with Gasteiger partial charge in [0.2, 0.25) is 5.91 Å². The van der Waals surface area contributed by atoms with Crippen LogP contribution in [-0.2, 0) is 11.3 Å². The second-order valence-corrected chi connectivity index (χ2v) is 8.28. The van der Waals surface area contributed by atoms with Gasteiger partial charge in [-0.2, -0.15) is 0 Å². The molecule has 0 aliphatic carbocycles. The first-order valence-corrected chi connectivity index (χ1v) is 10.4. The van der Waals surface area contributed by atoms with Gasteiger partial charge in [-0.1, -0.05) is 19.1 Å². The van der Waals surface area contributed by atoms with Gasteiger partial charge in [-0.05, 0) is 36.4 Å². The number of methoxy groups -OCH3 is 1. The third kappa shape index (κ3) is 3.04. The van der Waals surface area contributed by atoms with E-state index in [1.807, 2.05) is 47.9 Å². The van der Waals surface area contributed by atoms with Gasteiger partial charge >= 0.3 is 0 Å². The molecule has 0 spiro atoms. The number of nitrogens with zero attached hydrogens (tertiary/aromatic N) is 3. The number of ether oxygens (including phenoxy) is 1. The third-order valence-electron chi connectivity index (χ3n) is 6.65. The van der Waals surface area contributed by atoms with Crippen molar-refractivity contribution in [3.63, 3.8) is 0 Å². The minimum absolute atomic E-state index is 0.00838. The Hall–Kier alpha value is -2.64. The van der Waals surface area contributed by atoms with Crippen LogP contribution in [0.15, 0.2) is 41.2 Å². The van der Waals surface area contributed by atoms with Gasteiger partial charge in [0.1, 0.15) is 5.75 Å². The summed E-state index contributed by atoms with van der Waals surface area (Å²) in [6.45, 7) is 3.15. The number of aliphatic hydroxyl groups excluding tert-OH is 1. The van der Waals surface area contributed by atoms with Crippen molar-refractivity contribution in [3.8, 4) is 16.9 Å². The first-order valence-electron chi connectivity index (χ1n) is 10.4. The number of aromatic nitrogens is 1. The van der Waals surface area contributed by atoms with E-state index in [2.05, 4.69) is 4.90 Å². The Bertz CT molecular complexity index is 998. The molecule has 160 valence electrons. The van der Waals surface area contributed by atoms with E-state index in [0.717, 1.165) is 17.0 Å². The molecule has 4 atom stereocenters. The number of fused-ring (bicyclic) bond motifs is 3. The Labute approximate surface area is 176 Å². The molecule has 1 amide bonds. The van der Waals surface area contributed by atoms with Crippen molar-refractivity contribution >= 4 is 5.91 Å². The predicted octanol–water partition coefficient (Wildman–Crippen LogP) is 1.60. The molecule has 30 heavy (non-hydrogen) atoms. The molecular formula is C23H29N3O4.